The molecule has 0 atom stereocenters. The SMILES string of the molecule is CC1=C(C)C(C)(C)C(c2[c]cccc2)=C1C. The molecule has 0 N–H and O–H groups in total. The van der Waals surface area contributed by atoms with Gasteiger partial charge in [0.25, 0.3) is 0 Å². The summed E-state index contributed by atoms with van der Waals surface area (Å²) in [6.45, 7) is 11.3. The number of allylic oxidation sites excluding steroid dienone is 4. The zero-order chi connectivity index (χ0) is 11.9. The third kappa shape index (κ3) is 1.44. The molecule has 16 heavy (non-hydrogen) atoms. The first-order valence-corrected chi connectivity index (χ1v) is 5.83. The van der Waals surface area contributed by atoms with E-state index in [9.17, 15) is 0 Å². The highest BCUT2D eigenvalue weighted by Gasteiger charge is 2.34. The molecule has 0 aliphatic heterocycles. The molecule has 0 fully saturated rings. The van der Waals surface area contributed by atoms with Crippen LogP contribution in [0.2, 0.25) is 0 Å². The van der Waals surface area contributed by atoms with Crippen LogP contribution in [0.25, 0.3) is 5.57 Å². The number of benzene rings is 1. The molecular weight excluding hydrogens is 192 g/mol. The Kier molecular flexibility index (Phi) is 2.53. The summed E-state index contributed by atoms with van der Waals surface area (Å²) in [6, 6.07) is 11.6. The van der Waals surface area contributed by atoms with Gasteiger partial charge in [-0.2, -0.15) is 0 Å². The fourth-order valence-corrected chi connectivity index (χ4v) is 2.68. The molecule has 0 saturated heterocycles. The molecule has 1 radical (unpaired) electrons. The molecule has 1 aliphatic carbocycles. The zero-order valence-corrected chi connectivity index (χ0v) is 10.8. The molecule has 1 aliphatic rings. The summed E-state index contributed by atoms with van der Waals surface area (Å²) in [6.07, 6.45) is 0. The van der Waals surface area contributed by atoms with E-state index in [1.807, 2.05) is 12.1 Å². The number of hydrogen-bond donors (Lipinski definition) is 0. The van der Waals surface area contributed by atoms with E-state index < -0.39 is 0 Å². The Labute approximate surface area is 98.7 Å². The second-order valence-corrected chi connectivity index (χ2v) is 5.15. The second kappa shape index (κ2) is 3.62. The van der Waals surface area contributed by atoms with Crippen molar-refractivity contribution in [3.05, 3.63) is 52.6 Å². The molecule has 0 nitrogen and oxygen atoms in total. The minimum absolute atomic E-state index is 0.145. The van der Waals surface area contributed by atoms with Gasteiger partial charge in [-0.05, 0) is 49.1 Å². The molecule has 0 spiro atoms. The van der Waals surface area contributed by atoms with Crippen LogP contribution in [0.1, 0.15) is 40.2 Å². The molecule has 1 aromatic carbocycles. The summed E-state index contributed by atoms with van der Waals surface area (Å²) in [5.41, 5.74) is 7.16. The average molecular weight is 211 g/mol. The predicted molar refractivity (Wildman–Crippen MR) is 70.0 cm³/mol. The van der Waals surface area contributed by atoms with Crippen LogP contribution in [-0.2, 0) is 0 Å². The average Bonchev–Trinajstić information content (AvgIpc) is 2.41. The molecular formula is C16H19. The van der Waals surface area contributed by atoms with E-state index in [1.165, 1.54) is 27.9 Å². The largest absolute Gasteiger partial charge is 0.0616 e. The van der Waals surface area contributed by atoms with Crippen LogP contribution in [0.4, 0.5) is 0 Å². The Balaban J connectivity index is 2.61. The summed E-state index contributed by atoms with van der Waals surface area (Å²) >= 11 is 0. The maximum Gasteiger partial charge on any atom is 0.0117 e. The predicted octanol–water partition coefficient (Wildman–Crippen LogP) is 4.64. The minimum atomic E-state index is 0.145. The summed E-state index contributed by atoms with van der Waals surface area (Å²) in [7, 11) is 0. The highest BCUT2D eigenvalue weighted by Crippen LogP contribution is 2.50. The van der Waals surface area contributed by atoms with Gasteiger partial charge in [-0.3, -0.25) is 0 Å². The lowest BCUT2D eigenvalue weighted by molar-refractivity contribution is 0.609. The van der Waals surface area contributed by atoms with Crippen LogP contribution in [0.5, 0.6) is 0 Å². The van der Waals surface area contributed by atoms with Crippen LogP contribution < -0.4 is 0 Å². The molecule has 83 valence electrons. The fraction of sp³-hybridized carbons (Fsp3) is 0.375. The van der Waals surface area contributed by atoms with Gasteiger partial charge in [0.05, 0.1) is 0 Å². The Morgan fingerprint density at radius 3 is 2.12 bits per heavy atom. The van der Waals surface area contributed by atoms with Crippen LogP contribution in [0.15, 0.2) is 41.0 Å². The lowest BCUT2D eigenvalue weighted by Gasteiger charge is -2.26. The molecule has 0 bridgehead atoms. The van der Waals surface area contributed by atoms with Crippen LogP contribution in [-0.4, -0.2) is 0 Å². The van der Waals surface area contributed by atoms with Crippen molar-refractivity contribution in [1.29, 1.82) is 0 Å². The summed E-state index contributed by atoms with van der Waals surface area (Å²) in [5.74, 6) is 0. The van der Waals surface area contributed by atoms with E-state index in [-0.39, 0.29) is 5.41 Å². The van der Waals surface area contributed by atoms with Gasteiger partial charge in [0.2, 0.25) is 0 Å². The first kappa shape index (κ1) is 11.2. The molecule has 0 heterocycles. The Morgan fingerprint density at radius 1 is 1.00 bits per heavy atom. The molecule has 2 rings (SSSR count). The van der Waals surface area contributed by atoms with E-state index in [0.717, 1.165) is 0 Å². The molecule has 0 unspecified atom stereocenters. The lowest BCUT2D eigenvalue weighted by atomic mass is 9.78. The standard InChI is InChI=1S/C16H19/c1-11-12(2)15(16(4,5)13(11)3)14-9-7-6-8-10-14/h6-9H,1-5H3. The Bertz CT molecular complexity index is 470. The second-order valence-electron chi connectivity index (χ2n) is 5.15. The summed E-state index contributed by atoms with van der Waals surface area (Å²) in [5, 5.41) is 0. The van der Waals surface area contributed by atoms with Gasteiger partial charge in [0.1, 0.15) is 0 Å². The molecule has 0 aromatic heterocycles. The minimum Gasteiger partial charge on any atom is -0.0616 e. The van der Waals surface area contributed by atoms with Crippen molar-refractivity contribution in [3.63, 3.8) is 0 Å². The first-order chi connectivity index (χ1) is 7.46. The van der Waals surface area contributed by atoms with Crippen LogP contribution >= 0.6 is 0 Å². The van der Waals surface area contributed by atoms with Gasteiger partial charge in [0.15, 0.2) is 0 Å². The van der Waals surface area contributed by atoms with Crippen molar-refractivity contribution in [2.45, 2.75) is 34.6 Å². The zero-order valence-electron chi connectivity index (χ0n) is 10.8. The molecule has 0 amide bonds. The van der Waals surface area contributed by atoms with Gasteiger partial charge in [-0.1, -0.05) is 43.7 Å². The third-order valence-electron chi connectivity index (χ3n) is 4.04. The maximum atomic E-state index is 3.35. The van der Waals surface area contributed by atoms with Crippen LogP contribution in [0, 0.1) is 11.5 Å². The quantitative estimate of drug-likeness (QED) is 0.635. The van der Waals surface area contributed by atoms with Gasteiger partial charge in [-0.15, -0.1) is 0 Å². The van der Waals surface area contributed by atoms with E-state index in [2.05, 4.69) is 52.8 Å². The van der Waals surface area contributed by atoms with E-state index in [0.29, 0.717) is 0 Å². The van der Waals surface area contributed by atoms with Crippen molar-refractivity contribution in [1.82, 2.24) is 0 Å². The highest BCUT2D eigenvalue weighted by atomic mass is 14.4. The number of rotatable bonds is 1. The molecule has 0 heteroatoms. The molecule has 0 saturated carbocycles. The van der Waals surface area contributed by atoms with Crippen molar-refractivity contribution < 1.29 is 0 Å². The smallest absolute Gasteiger partial charge is 0.0117 e. The normalized spacial score (nSPS) is 19.6. The Morgan fingerprint density at radius 2 is 1.69 bits per heavy atom. The van der Waals surface area contributed by atoms with Gasteiger partial charge >= 0.3 is 0 Å². The number of hydrogen-bond acceptors (Lipinski definition) is 0. The van der Waals surface area contributed by atoms with E-state index >= 15 is 0 Å². The summed E-state index contributed by atoms with van der Waals surface area (Å²) in [4.78, 5) is 0. The first-order valence-electron chi connectivity index (χ1n) is 5.83. The van der Waals surface area contributed by atoms with Gasteiger partial charge in [-0.25, -0.2) is 0 Å². The lowest BCUT2D eigenvalue weighted by Crippen LogP contribution is -2.12. The summed E-state index contributed by atoms with van der Waals surface area (Å²) < 4.78 is 0. The van der Waals surface area contributed by atoms with Crippen LogP contribution in [0.3, 0.4) is 0 Å². The maximum absolute atomic E-state index is 3.35. The van der Waals surface area contributed by atoms with Gasteiger partial charge in [0, 0.05) is 5.41 Å². The topological polar surface area (TPSA) is 0 Å². The molecule has 1 aromatic rings. The fourth-order valence-electron chi connectivity index (χ4n) is 2.68. The van der Waals surface area contributed by atoms with E-state index in [4.69, 9.17) is 0 Å². The monoisotopic (exact) mass is 211 g/mol. The van der Waals surface area contributed by atoms with Crippen molar-refractivity contribution in [2.75, 3.05) is 0 Å². The van der Waals surface area contributed by atoms with Crippen molar-refractivity contribution in [2.24, 2.45) is 5.41 Å². The Hall–Kier alpha value is -1.30. The van der Waals surface area contributed by atoms with E-state index in [1.54, 1.807) is 0 Å². The highest BCUT2D eigenvalue weighted by molar-refractivity contribution is 5.82. The van der Waals surface area contributed by atoms with Gasteiger partial charge < -0.3 is 0 Å². The third-order valence-corrected chi connectivity index (χ3v) is 4.04. The van der Waals surface area contributed by atoms with Crippen molar-refractivity contribution in [3.8, 4) is 0 Å². The van der Waals surface area contributed by atoms with Crippen molar-refractivity contribution >= 4 is 5.57 Å².